The van der Waals surface area contributed by atoms with E-state index in [1.807, 2.05) is 0 Å². The molecule has 0 aromatic heterocycles. The summed E-state index contributed by atoms with van der Waals surface area (Å²) in [5.41, 5.74) is 0. The fourth-order valence-corrected chi connectivity index (χ4v) is 4.40. The molecule has 1 heterocycles. The van der Waals surface area contributed by atoms with Crippen molar-refractivity contribution in [1.82, 2.24) is 4.31 Å². The lowest BCUT2D eigenvalue weighted by molar-refractivity contribution is 0.171. The number of alkyl halides is 1. The number of rotatable bonds is 4. The Morgan fingerprint density at radius 2 is 1.90 bits per heavy atom. The van der Waals surface area contributed by atoms with E-state index in [1.165, 1.54) is 10.4 Å². The van der Waals surface area contributed by atoms with Crippen LogP contribution in [0.1, 0.15) is 12.8 Å². The molecule has 0 saturated heterocycles. The van der Waals surface area contributed by atoms with Crippen molar-refractivity contribution in [1.29, 1.82) is 0 Å². The SMILES string of the molecule is CN(CC1CC(Cl)C1)S(=O)(=O)c1ccc2c(c1)OCCO2. The minimum atomic E-state index is -3.51. The first-order valence-corrected chi connectivity index (χ1v) is 8.84. The van der Waals surface area contributed by atoms with Crippen molar-refractivity contribution in [2.24, 2.45) is 5.92 Å². The zero-order chi connectivity index (χ0) is 15.0. The Morgan fingerprint density at radius 1 is 1.24 bits per heavy atom. The molecule has 1 aliphatic carbocycles. The summed E-state index contributed by atoms with van der Waals surface area (Å²) < 4.78 is 37.4. The molecule has 7 heteroatoms. The minimum absolute atomic E-state index is 0.195. The van der Waals surface area contributed by atoms with E-state index < -0.39 is 10.0 Å². The Morgan fingerprint density at radius 3 is 2.57 bits per heavy atom. The summed E-state index contributed by atoms with van der Waals surface area (Å²) in [7, 11) is -1.90. The number of benzene rings is 1. The summed E-state index contributed by atoms with van der Waals surface area (Å²) in [5, 5.41) is 0.195. The smallest absolute Gasteiger partial charge is 0.242 e. The highest BCUT2D eigenvalue weighted by atomic mass is 35.5. The first kappa shape index (κ1) is 14.9. The maximum absolute atomic E-state index is 12.6. The van der Waals surface area contributed by atoms with Crippen molar-refractivity contribution >= 4 is 21.6 Å². The summed E-state index contributed by atoms with van der Waals surface area (Å²) in [6.45, 7) is 1.42. The standard InChI is InChI=1S/C14H18ClNO4S/c1-16(9-10-6-11(15)7-10)21(17,18)12-2-3-13-14(8-12)20-5-4-19-13/h2-3,8,10-11H,4-7,9H2,1H3. The molecule has 5 nitrogen and oxygen atoms in total. The van der Waals surface area contributed by atoms with Gasteiger partial charge in [0.1, 0.15) is 13.2 Å². The van der Waals surface area contributed by atoms with Gasteiger partial charge in [-0.05, 0) is 30.9 Å². The molecule has 21 heavy (non-hydrogen) atoms. The van der Waals surface area contributed by atoms with E-state index in [-0.39, 0.29) is 10.3 Å². The van der Waals surface area contributed by atoms with E-state index in [9.17, 15) is 8.42 Å². The van der Waals surface area contributed by atoms with Crippen LogP contribution in [-0.2, 0) is 10.0 Å². The Balaban J connectivity index is 1.77. The summed E-state index contributed by atoms with van der Waals surface area (Å²) in [4.78, 5) is 0.232. The maximum atomic E-state index is 12.6. The molecule has 1 aliphatic heterocycles. The molecular weight excluding hydrogens is 314 g/mol. The zero-order valence-corrected chi connectivity index (χ0v) is 13.4. The van der Waals surface area contributed by atoms with Gasteiger partial charge in [0.25, 0.3) is 0 Å². The van der Waals surface area contributed by atoms with Crippen LogP contribution in [0, 0.1) is 5.92 Å². The first-order valence-electron chi connectivity index (χ1n) is 6.97. The van der Waals surface area contributed by atoms with Gasteiger partial charge in [0.15, 0.2) is 11.5 Å². The molecule has 1 aromatic rings. The number of ether oxygens (including phenoxy) is 2. The Hall–Kier alpha value is -0.980. The summed E-state index contributed by atoms with van der Waals surface area (Å²) in [6.07, 6.45) is 1.76. The summed E-state index contributed by atoms with van der Waals surface area (Å²) in [6, 6.07) is 4.74. The van der Waals surface area contributed by atoms with Crippen molar-refractivity contribution in [3.05, 3.63) is 18.2 Å². The van der Waals surface area contributed by atoms with Gasteiger partial charge in [-0.2, -0.15) is 0 Å². The highest BCUT2D eigenvalue weighted by Gasteiger charge is 2.32. The monoisotopic (exact) mass is 331 g/mol. The van der Waals surface area contributed by atoms with Crippen LogP contribution in [0.15, 0.2) is 23.1 Å². The maximum Gasteiger partial charge on any atom is 0.242 e. The Bertz CT molecular complexity index is 628. The molecule has 2 aliphatic rings. The van der Waals surface area contributed by atoms with Gasteiger partial charge in [0, 0.05) is 25.0 Å². The lowest BCUT2D eigenvalue weighted by Crippen LogP contribution is -2.37. The van der Waals surface area contributed by atoms with E-state index in [1.54, 1.807) is 19.2 Å². The van der Waals surface area contributed by atoms with Gasteiger partial charge >= 0.3 is 0 Å². The fraction of sp³-hybridized carbons (Fsp3) is 0.571. The van der Waals surface area contributed by atoms with E-state index in [4.69, 9.17) is 21.1 Å². The Labute approximate surface area is 129 Å². The first-order chi connectivity index (χ1) is 9.96. The van der Waals surface area contributed by atoms with Crippen LogP contribution in [0.5, 0.6) is 11.5 Å². The molecule has 3 rings (SSSR count). The third-order valence-corrected chi connectivity index (χ3v) is 6.09. The van der Waals surface area contributed by atoms with Crippen molar-refractivity contribution in [3.63, 3.8) is 0 Å². The van der Waals surface area contributed by atoms with E-state index in [0.717, 1.165) is 12.8 Å². The topological polar surface area (TPSA) is 55.8 Å². The van der Waals surface area contributed by atoms with Crippen LogP contribution in [0.2, 0.25) is 0 Å². The van der Waals surface area contributed by atoms with Gasteiger partial charge in [0.2, 0.25) is 10.0 Å². The summed E-state index contributed by atoms with van der Waals surface area (Å²) >= 11 is 5.94. The number of halogens is 1. The van der Waals surface area contributed by atoms with Crippen LogP contribution in [0.25, 0.3) is 0 Å². The van der Waals surface area contributed by atoms with Crippen molar-refractivity contribution in [2.75, 3.05) is 26.8 Å². The van der Waals surface area contributed by atoms with Gasteiger partial charge in [-0.25, -0.2) is 12.7 Å². The second-order valence-corrected chi connectivity index (χ2v) is 8.19. The quantitative estimate of drug-likeness (QED) is 0.793. The molecule has 0 bridgehead atoms. The number of sulfonamides is 1. The third-order valence-electron chi connectivity index (χ3n) is 3.92. The molecule has 0 unspecified atom stereocenters. The average Bonchev–Trinajstić information content (AvgIpc) is 2.45. The van der Waals surface area contributed by atoms with Crippen LogP contribution in [-0.4, -0.2) is 44.9 Å². The van der Waals surface area contributed by atoms with Gasteiger partial charge in [-0.1, -0.05) is 0 Å². The fourth-order valence-electron chi connectivity index (χ4n) is 2.63. The van der Waals surface area contributed by atoms with Crippen molar-refractivity contribution in [2.45, 2.75) is 23.1 Å². The molecule has 0 N–H and O–H groups in total. The van der Waals surface area contributed by atoms with Gasteiger partial charge in [-0.3, -0.25) is 0 Å². The largest absolute Gasteiger partial charge is 0.486 e. The van der Waals surface area contributed by atoms with Crippen LogP contribution in [0.3, 0.4) is 0 Å². The second kappa shape index (κ2) is 5.66. The third kappa shape index (κ3) is 2.98. The van der Waals surface area contributed by atoms with E-state index >= 15 is 0 Å². The molecule has 1 saturated carbocycles. The molecule has 1 fully saturated rings. The van der Waals surface area contributed by atoms with Crippen LogP contribution >= 0.6 is 11.6 Å². The van der Waals surface area contributed by atoms with Crippen molar-refractivity contribution < 1.29 is 17.9 Å². The lowest BCUT2D eigenvalue weighted by atomic mass is 9.85. The second-order valence-electron chi connectivity index (χ2n) is 5.53. The zero-order valence-electron chi connectivity index (χ0n) is 11.8. The van der Waals surface area contributed by atoms with Gasteiger partial charge in [-0.15, -0.1) is 11.6 Å². The number of nitrogens with zero attached hydrogens (tertiary/aromatic N) is 1. The average molecular weight is 332 g/mol. The molecule has 0 spiro atoms. The molecule has 0 amide bonds. The van der Waals surface area contributed by atoms with Gasteiger partial charge in [0.05, 0.1) is 4.90 Å². The molecule has 1 aromatic carbocycles. The lowest BCUT2D eigenvalue weighted by Gasteiger charge is -2.33. The molecular formula is C14H18ClNO4S. The number of hydrogen-bond acceptors (Lipinski definition) is 4. The molecule has 0 atom stereocenters. The Kier molecular flexibility index (Phi) is 4.03. The predicted molar refractivity (Wildman–Crippen MR) is 79.6 cm³/mol. The molecule has 116 valence electrons. The normalized spacial score (nSPS) is 24.7. The van der Waals surface area contributed by atoms with E-state index in [2.05, 4.69) is 0 Å². The van der Waals surface area contributed by atoms with Crippen LogP contribution < -0.4 is 9.47 Å². The summed E-state index contributed by atoms with van der Waals surface area (Å²) in [5.74, 6) is 1.43. The van der Waals surface area contributed by atoms with E-state index in [0.29, 0.717) is 37.2 Å². The highest BCUT2D eigenvalue weighted by Crippen LogP contribution is 2.35. The van der Waals surface area contributed by atoms with Gasteiger partial charge < -0.3 is 9.47 Å². The minimum Gasteiger partial charge on any atom is -0.486 e. The highest BCUT2D eigenvalue weighted by molar-refractivity contribution is 7.89. The molecule has 0 radical (unpaired) electrons. The predicted octanol–water partition coefficient (Wildman–Crippen LogP) is 2.10. The van der Waals surface area contributed by atoms with Crippen LogP contribution in [0.4, 0.5) is 0 Å². The number of hydrogen-bond donors (Lipinski definition) is 0. The van der Waals surface area contributed by atoms with Crippen molar-refractivity contribution in [3.8, 4) is 11.5 Å². The number of fused-ring (bicyclic) bond motifs is 1.